The van der Waals surface area contributed by atoms with Crippen molar-refractivity contribution >= 4 is 23.6 Å². The molecule has 2 unspecified atom stereocenters. The number of rotatable bonds is 14. The number of anilines is 1. The molecule has 0 bridgehead atoms. The number of hydrogen-bond donors (Lipinski definition) is 3. The summed E-state index contributed by atoms with van der Waals surface area (Å²) in [5, 5.41) is 15.7. The molecule has 0 aromatic heterocycles. The zero-order chi connectivity index (χ0) is 33.0. The summed E-state index contributed by atoms with van der Waals surface area (Å²) in [6, 6.07) is 19.7. The van der Waals surface area contributed by atoms with E-state index in [2.05, 4.69) is 17.6 Å². The Morgan fingerprint density at radius 1 is 0.867 bits per heavy atom. The molecule has 0 saturated carbocycles. The summed E-state index contributed by atoms with van der Waals surface area (Å²) in [5.74, 6) is -0.631. The van der Waals surface area contributed by atoms with E-state index in [-0.39, 0.29) is 18.1 Å². The van der Waals surface area contributed by atoms with Gasteiger partial charge in [-0.3, -0.25) is 9.59 Å². The van der Waals surface area contributed by atoms with Gasteiger partial charge in [-0.2, -0.15) is 0 Å². The Bertz CT molecular complexity index is 1400. The molecule has 0 saturated heterocycles. The molecule has 0 aliphatic carbocycles. The Morgan fingerprint density at radius 3 is 2.13 bits per heavy atom. The number of aryl methyl sites for hydroxylation is 2. The van der Waals surface area contributed by atoms with Gasteiger partial charge in [0.1, 0.15) is 23.4 Å². The van der Waals surface area contributed by atoms with E-state index >= 15 is 0 Å². The van der Waals surface area contributed by atoms with Gasteiger partial charge in [0, 0.05) is 18.7 Å². The second-order valence-corrected chi connectivity index (χ2v) is 12.6. The second-order valence-electron chi connectivity index (χ2n) is 12.6. The molecular formula is C37H49N3O5. The molecular weight excluding hydrogens is 566 g/mol. The van der Waals surface area contributed by atoms with E-state index in [0.717, 1.165) is 42.4 Å². The van der Waals surface area contributed by atoms with E-state index in [0.29, 0.717) is 24.2 Å². The van der Waals surface area contributed by atoms with Crippen LogP contribution in [0.5, 0.6) is 5.75 Å². The Balaban J connectivity index is 2.06. The molecule has 3 aromatic carbocycles. The number of phenols is 1. The van der Waals surface area contributed by atoms with Gasteiger partial charge in [-0.1, -0.05) is 92.8 Å². The van der Waals surface area contributed by atoms with Crippen LogP contribution < -0.4 is 10.6 Å². The minimum absolute atomic E-state index is 0.0998. The SMILES string of the molecule is CCCCCCCN(C(=O)C(Cc1ccc(O)cc1)NC(=O)OC(C)(C)C)C(C(=O)Nc1ccccc1C)c1ccc(C)cc1. The van der Waals surface area contributed by atoms with Crippen molar-refractivity contribution in [2.75, 3.05) is 11.9 Å². The Labute approximate surface area is 268 Å². The number of unbranched alkanes of at least 4 members (excludes halogenated alkanes) is 4. The Kier molecular flexibility index (Phi) is 13.0. The van der Waals surface area contributed by atoms with Crippen molar-refractivity contribution in [1.82, 2.24) is 10.2 Å². The van der Waals surface area contributed by atoms with Crippen molar-refractivity contribution in [3.8, 4) is 5.75 Å². The summed E-state index contributed by atoms with van der Waals surface area (Å²) in [6.07, 6.45) is 4.22. The lowest BCUT2D eigenvalue weighted by atomic mass is 9.98. The maximum Gasteiger partial charge on any atom is 0.408 e. The monoisotopic (exact) mass is 615 g/mol. The minimum atomic E-state index is -1.03. The fourth-order valence-corrected chi connectivity index (χ4v) is 5.11. The van der Waals surface area contributed by atoms with Crippen LogP contribution in [0.15, 0.2) is 72.8 Å². The average Bonchev–Trinajstić information content (AvgIpc) is 2.98. The summed E-state index contributed by atoms with van der Waals surface area (Å²) in [7, 11) is 0. The van der Waals surface area contributed by atoms with E-state index in [9.17, 15) is 19.5 Å². The van der Waals surface area contributed by atoms with Crippen LogP contribution in [0.3, 0.4) is 0 Å². The van der Waals surface area contributed by atoms with Crippen LogP contribution >= 0.6 is 0 Å². The first-order chi connectivity index (χ1) is 21.4. The van der Waals surface area contributed by atoms with Gasteiger partial charge >= 0.3 is 6.09 Å². The van der Waals surface area contributed by atoms with Crippen LogP contribution in [0.1, 0.15) is 88.1 Å². The quantitative estimate of drug-likeness (QED) is 0.162. The first-order valence-corrected chi connectivity index (χ1v) is 15.9. The third-order valence-corrected chi connectivity index (χ3v) is 7.51. The van der Waals surface area contributed by atoms with E-state index in [1.807, 2.05) is 62.4 Å². The standard InChI is InChI=1S/C37H49N3O5/c1-7-8-9-10-13-24-40(33(29-20-16-26(2)17-21-29)34(42)38-31-15-12-11-14-27(31)3)35(43)32(39-36(44)45-37(4,5)6)25-28-18-22-30(41)23-19-28/h11-12,14-23,32-33,41H,7-10,13,24-25H2,1-6H3,(H,38,42)(H,39,44). The predicted molar refractivity (Wildman–Crippen MR) is 179 cm³/mol. The highest BCUT2D eigenvalue weighted by molar-refractivity contribution is 5.99. The van der Waals surface area contributed by atoms with Gasteiger partial charge in [0.25, 0.3) is 5.91 Å². The number of benzene rings is 3. The first-order valence-electron chi connectivity index (χ1n) is 15.9. The van der Waals surface area contributed by atoms with Gasteiger partial charge in [0.2, 0.25) is 5.91 Å². The van der Waals surface area contributed by atoms with E-state index in [1.165, 1.54) is 0 Å². The molecule has 8 heteroatoms. The zero-order valence-corrected chi connectivity index (χ0v) is 27.6. The normalized spacial score (nSPS) is 12.6. The number of nitrogens with one attached hydrogen (secondary N) is 2. The van der Waals surface area contributed by atoms with Gasteiger partial charge in [-0.05, 0) is 75.9 Å². The van der Waals surface area contributed by atoms with Crippen LogP contribution in [-0.2, 0) is 20.7 Å². The molecule has 0 fully saturated rings. The van der Waals surface area contributed by atoms with E-state index in [1.54, 1.807) is 49.9 Å². The number of carbonyl (C=O) groups is 3. The summed E-state index contributed by atoms with van der Waals surface area (Å²) < 4.78 is 5.54. The molecule has 0 aliphatic heterocycles. The van der Waals surface area contributed by atoms with E-state index in [4.69, 9.17) is 4.74 Å². The highest BCUT2D eigenvalue weighted by Crippen LogP contribution is 2.27. The third-order valence-electron chi connectivity index (χ3n) is 7.51. The molecule has 2 atom stereocenters. The average molecular weight is 616 g/mol. The lowest BCUT2D eigenvalue weighted by Gasteiger charge is -2.35. The third kappa shape index (κ3) is 11.3. The van der Waals surface area contributed by atoms with Crippen LogP contribution in [0.25, 0.3) is 0 Å². The smallest absolute Gasteiger partial charge is 0.408 e. The lowest BCUT2D eigenvalue weighted by Crippen LogP contribution is -2.53. The molecule has 0 aliphatic rings. The van der Waals surface area contributed by atoms with Crippen molar-refractivity contribution < 1.29 is 24.2 Å². The molecule has 3 rings (SSSR count). The number of para-hydroxylation sites is 1. The number of hydrogen-bond acceptors (Lipinski definition) is 5. The molecule has 8 nitrogen and oxygen atoms in total. The van der Waals surface area contributed by atoms with Crippen LogP contribution in [0.4, 0.5) is 10.5 Å². The first kappa shape index (κ1) is 35.2. The van der Waals surface area contributed by atoms with Crippen molar-refractivity contribution in [2.24, 2.45) is 0 Å². The van der Waals surface area contributed by atoms with Crippen molar-refractivity contribution in [2.45, 2.75) is 97.8 Å². The number of amides is 3. The van der Waals surface area contributed by atoms with Crippen LogP contribution in [-0.4, -0.2) is 46.1 Å². The fraction of sp³-hybridized carbons (Fsp3) is 0.432. The summed E-state index contributed by atoms with van der Waals surface area (Å²) in [6.45, 7) is 11.6. The number of nitrogens with zero attached hydrogens (tertiary/aromatic N) is 1. The van der Waals surface area contributed by atoms with Crippen molar-refractivity contribution in [1.29, 1.82) is 0 Å². The largest absolute Gasteiger partial charge is 0.508 e. The molecule has 0 heterocycles. The van der Waals surface area contributed by atoms with Crippen molar-refractivity contribution in [3.05, 3.63) is 95.1 Å². The number of ether oxygens (including phenoxy) is 1. The molecule has 3 aromatic rings. The molecule has 0 spiro atoms. The highest BCUT2D eigenvalue weighted by Gasteiger charge is 2.36. The molecule has 45 heavy (non-hydrogen) atoms. The fourth-order valence-electron chi connectivity index (χ4n) is 5.11. The number of phenolic OH excluding ortho intramolecular Hbond substituents is 1. The van der Waals surface area contributed by atoms with Gasteiger partial charge in [-0.15, -0.1) is 0 Å². The predicted octanol–water partition coefficient (Wildman–Crippen LogP) is 7.62. The zero-order valence-electron chi connectivity index (χ0n) is 27.6. The summed E-state index contributed by atoms with van der Waals surface area (Å²) >= 11 is 0. The maximum absolute atomic E-state index is 14.7. The van der Waals surface area contributed by atoms with Gasteiger partial charge in [0.05, 0.1) is 0 Å². The summed E-state index contributed by atoms with van der Waals surface area (Å²) in [4.78, 5) is 43.5. The summed E-state index contributed by atoms with van der Waals surface area (Å²) in [5.41, 5.74) is 3.25. The second kappa shape index (κ2) is 16.7. The van der Waals surface area contributed by atoms with Gasteiger partial charge in [0.15, 0.2) is 0 Å². The minimum Gasteiger partial charge on any atom is -0.508 e. The lowest BCUT2D eigenvalue weighted by molar-refractivity contribution is -0.140. The van der Waals surface area contributed by atoms with Crippen molar-refractivity contribution in [3.63, 3.8) is 0 Å². The molecule has 3 amide bonds. The molecule has 3 N–H and O–H groups in total. The highest BCUT2D eigenvalue weighted by atomic mass is 16.6. The van der Waals surface area contributed by atoms with Crippen LogP contribution in [0.2, 0.25) is 0 Å². The topological polar surface area (TPSA) is 108 Å². The molecule has 242 valence electrons. The maximum atomic E-state index is 14.7. The van der Waals surface area contributed by atoms with E-state index < -0.39 is 29.7 Å². The van der Waals surface area contributed by atoms with Crippen LogP contribution in [0, 0.1) is 13.8 Å². The van der Waals surface area contributed by atoms with Gasteiger partial charge < -0.3 is 25.4 Å². The molecule has 0 radical (unpaired) electrons. The number of alkyl carbamates (subject to hydrolysis) is 1. The number of aromatic hydroxyl groups is 1. The number of carbonyl (C=O) groups excluding carboxylic acids is 3. The Morgan fingerprint density at radius 2 is 1.51 bits per heavy atom. The Hall–Kier alpha value is -4.33. The van der Waals surface area contributed by atoms with Gasteiger partial charge in [-0.25, -0.2) is 4.79 Å².